The second-order valence-corrected chi connectivity index (χ2v) is 5.12. The van der Waals surface area contributed by atoms with Gasteiger partial charge in [0.1, 0.15) is 0 Å². The highest BCUT2D eigenvalue weighted by atomic mass is 32.2. The van der Waals surface area contributed by atoms with Gasteiger partial charge in [0, 0.05) is 22.5 Å². The van der Waals surface area contributed by atoms with Crippen molar-refractivity contribution >= 4 is 40.9 Å². The molecule has 1 fully saturated rings. The Morgan fingerprint density at radius 1 is 1.64 bits per heavy atom. The van der Waals surface area contributed by atoms with Crippen LogP contribution in [0.3, 0.4) is 0 Å². The monoisotopic (exact) mass is 205 g/mol. The molecule has 1 aliphatic heterocycles. The van der Waals surface area contributed by atoms with E-state index in [-0.39, 0.29) is 0 Å². The number of nitrogens with zero attached hydrogens (tertiary/aromatic N) is 1. The molecule has 0 spiro atoms. The van der Waals surface area contributed by atoms with E-state index in [1.165, 1.54) is 17.3 Å². The molecule has 0 radical (unpaired) electrons. The third-order valence-corrected chi connectivity index (χ3v) is 4.73. The highest BCUT2D eigenvalue weighted by molar-refractivity contribution is 8.06. The summed E-state index contributed by atoms with van der Waals surface area (Å²) in [4.78, 5) is 4.08. The Morgan fingerprint density at radius 2 is 2.45 bits per heavy atom. The first-order chi connectivity index (χ1) is 5.34. The van der Waals surface area contributed by atoms with Gasteiger partial charge >= 0.3 is 0 Å². The number of thioether (sulfide) groups is 2. The first kappa shape index (κ1) is 9.59. The van der Waals surface area contributed by atoms with Crippen LogP contribution in [0.2, 0.25) is 0 Å². The number of isothiocyanates is 1. The van der Waals surface area contributed by atoms with Crippen molar-refractivity contribution in [3.63, 3.8) is 0 Å². The minimum absolute atomic E-state index is 0.352. The van der Waals surface area contributed by atoms with E-state index in [1.807, 2.05) is 23.5 Å². The molecule has 1 rings (SSSR count). The highest BCUT2D eigenvalue weighted by Crippen LogP contribution is 2.27. The molecule has 1 aliphatic rings. The van der Waals surface area contributed by atoms with Gasteiger partial charge in [0.25, 0.3) is 0 Å². The van der Waals surface area contributed by atoms with Gasteiger partial charge in [-0.15, -0.1) is 0 Å². The van der Waals surface area contributed by atoms with E-state index in [1.54, 1.807) is 0 Å². The summed E-state index contributed by atoms with van der Waals surface area (Å²) < 4.78 is 0. The topological polar surface area (TPSA) is 12.4 Å². The molecule has 0 bridgehead atoms. The zero-order valence-corrected chi connectivity index (χ0v) is 8.90. The molecule has 0 amide bonds. The van der Waals surface area contributed by atoms with Gasteiger partial charge in [-0.2, -0.15) is 23.5 Å². The van der Waals surface area contributed by atoms with Gasteiger partial charge in [-0.1, -0.05) is 0 Å². The second kappa shape index (κ2) is 5.20. The van der Waals surface area contributed by atoms with E-state index < -0.39 is 0 Å². The van der Waals surface area contributed by atoms with Crippen LogP contribution in [-0.4, -0.2) is 33.7 Å². The summed E-state index contributed by atoms with van der Waals surface area (Å²) in [6.07, 6.45) is 0. The normalized spacial score (nSPS) is 27.2. The molecule has 0 aromatic rings. The minimum atomic E-state index is 0.352. The number of rotatable bonds is 2. The maximum atomic E-state index is 4.56. The summed E-state index contributed by atoms with van der Waals surface area (Å²) in [7, 11) is 0. The van der Waals surface area contributed by atoms with Gasteiger partial charge in [0.05, 0.1) is 11.2 Å². The lowest BCUT2D eigenvalue weighted by atomic mass is 10.3. The first-order valence-electron chi connectivity index (χ1n) is 3.61. The predicted octanol–water partition coefficient (Wildman–Crippen LogP) is 2.33. The molecule has 0 aromatic heterocycles. The van der Waals surface area contributed by atoms with Crippen molar-refractivity contribution in [1.82, 2.24) is 0 Å². The minimum Gasteiger partial charge on any atom is -0.228 e. The molecule has 2 unspecified atom stereocenters. The Morgan fingerprint density at radius 3 is 3.00 bits per heavy atom. The van der Waals surface area contributed by atoms with Crippen molar-refractivity contribution in [2.24, 2.45) is 4.99 Å². The third-order valence-electron chi connectivity index (χ3n) is 1.64. The van der Waals surface area contributed by atoms with E-state index in [0.717, 1.165) is 0 Å². The largest absolute Gasteiger partial charge is 0.228 e. The lowest BCUT2D eigenvalue weighted by Crippen LogP contribution is -2.24. The Kier molecular flexibility index (Phi) is 4.53. The third kappa shape index (κ3) is 3.16. The zero-order chi connectivity index (χ0) is 8.10. The van der Waals surface area contributed by atoms with Crippen LogP contribution in [0.25, 0.3) is 0 Å². The molecular weight excluding hydrogens is 194 g/mol. The maximum Gasteiger partial charge on any atom is 0.0701 e. The van der Waals surface area contributed by atoms with Crippen molar-refractivity contribution in [2.45, 2.75) is 18.2 Å². The first-order valence-corrected chi connectivity index (χ1v) is 6.22. The van der Waals surface area contributed by atoms with Gasteiger partial charge in [0.15, 0.2) is 0 Å². The highest BCUT2D eigenvalue weighted by Gasteiger charge is 2.19. The van der Waals surface area contributed by atoms with Crippen molar-refractivity contribution in [2.75, 3.05) is 17.3 Å². The smallest absolute Gasteiger partial charge is 0.0701 e. The number of thiocarbonyl (C=S) groups is 1. The van der Waals surface area contributed by atoms with Crippen molar-refractivity contribution in [3.05, 3.63) is 0 Å². The summed E-state index contributed by atoms with van der Waals surface area (Å²) in [5.41, 5.74) is 0. The average Bonchev–Trinajstić information content (AvgIpc) is 2.07. The van der Waals surface area contributed by atoms with E-state index >= 15 is 0 Å². The second-order valence-electron chi connectivity index (χ2n) is 2.45. The molecule has 0 aliphatic carbocycles. The average molecular weight is 205 g/mol. The van der Waals surface area contributed by atoms with Crippen LogP contribution in [0.5, 0.6) is 0 Å². The van der Waals surface area contributed by atoms with Crippen LogP contribution in [0, 0.1) is 0 Å². The van der Waals surface area contributed by atoms with E-state index in [2.05, 4.69) is 29.3 Å². The van der Waals surface area contributed by atoms with E-state index in [9.17, 15) is 0 Å². The molecule has 1 saturated heterocycles. The number of hydrogen-bond donors (Lipinski definition) is 0. The molecule has 1 heterocycles. The van der Waals surface area contributed by atoms with Gasteiger partial charge in [0.2, 0.25) is 0 Å². The van der Waals surface area contributed by atoms with E-state index in [4.69, 9.17) is 0 Å². The lowest BCUT2D eigenvalue weighted by molar-refractivity contribution is 0.743. The van der Waals surface area contributed by atoms with Crippen LogP contribution in [-0.2, 0) is 0 Å². The van der Waals surface area contributed by atoms with E-state index in [0.29, 0.717) is 11.3 Å². The van der Waals surface area contributed by atoms with Gasteiger partial charge < -0.3 is 0 Å². The van der Waals surface area contributed by atoms with Gasteiger partial charge in [-0.25, -0.2) is 4.99 Å². The lowest BCUT2D eigenvalue weighted by Gasteiger charge is -2.23. The summed E-state index contributed by atoms with van der Waals surface area (Å²) in [5.74, 6) is 3.76. The zero-order valence-electron chi connectivity index (χ0n) is 6.45. The Bertz CT molecular complexity index is 159. The van der Waals surface area contributed by atoms with Gasteiger partial charge in [-0.3, -0.25) is 0 Å². The molecule has 62 valence electrons. The number of aliphatic imine (C=N–C) groups is 1. The molecule has 1 nitrogen and oxygen atoms in total. The summed E-state index contributed by atoms with van der Waals surface area (Å²) in [6, 6.07) is 0.352. The fourth-order valence-corrected chi connectivity index (χ4v) is 3.97. The SMILES string of the molecule is CC(N=C=S)C1CSCCS1. The quantitative estimate of drug-likeness (QED) is 0.507. The molecule has 0 aromatic carbocycles. The summed E-state index contributed by atoms with van der Waals surface area (Å²) >= 11 is 8.59. The fourth-order valence-electron chi connectivity index (χ4n) is 0.951. The maximum absolute atomic E-state index is 4.56. The van der Waals surface area contributed by atoms with Crippen LogP contribution >= 0.6 is 35.7 Å². The summed E-state index contributed by atoms with van der Waals surface area (Å²) in [5, 5.41) is 3.11. The van der Waals surface area contributed by atoms with Gasteiger partial charge in [-0.05, 0) is 19.1 Å². The summed E-state index contributed by atoms with van der Waals surface area (Å²) in [6.45, 7) is 2.11. The fraction of sp³-hybridized carbons (Fsp3) is 0.857. The molecule has 11 heavy (non-hydrogen) atoms. The van der Waals surface area contributed by atoms with Crippen LogP contribution in [0.15, 0.2) is 4.99 Å². The predicted molar refractivity (Wildman–Crippen MR) is 58.1 cm³/mol. The molecule has 2 atom stereocenters. The molecule has 4 heteroatoms. The van der Waals surface area contributed by atoms with Crippen molar-refractivity contribution in [1.29, 1.82) is 0 Å². The Labute approximate surface area is 81.4 Å². The van der Waals surface area contributed by atoms with Crippen LogP contribution in [0.1, 0.15) is 6.92 Å². The number of hydrogen-bond acceptors (Lipinski definition) is 4. The van der Waals surface area contributed by atoms with Crippen molar-refractivity contribution in [3.8, 4) is 0 Å². The standard InChI is InChI=1S/C7H11NS3/c1-6(8-5-9)7-4-10-2-3-11-7/h6-7H,2-4H2,1H3. The molecule has 0 N–H and O–H groups in total. The molecule has 0 saturated carbocycles. The van der Waals surface area contributed by atoms with Crippen LogP contribution in [0.4, 0.5) is 0 Å². The molecular formula is C7H11NS3. The Hall–Kier alpha value is 0.500. The van der Waals surface area contributed by atoms with Crippen LogP contribution < -0.4 is 0 Å². The van der Waals surface area contributed by atoms with Crippen molar-refractivity contribution < 1.29 is 0 Å². The Balaban J connectivity index is 2.38.